The van der Waals surface area contributed by atoms with E-state index in [0.717, 1.165) is 25.4 Å². The van der Waals surface area contributed by atoms with E-state index in [9.17, 15) is 30.8 Å². The lowest BCUT2D eigenvalue weighted by Crippen LogP contribution is -2.38. The third kappa shape index (κ3) is 8.56. The summed E-state index contributed by atoms with van der Waals surface area (Å²) in [5.41, 5.74) is 10.5. The monoisotopic (exact) mass is 607 g/mol. The van der Waals surface area contributed by atoms with Crippen molar-refractivity contribution in [3.05, 3.63) is 46.6 Å². The van der Waals surface area contributed by atoms with E-state index in [2.05, 4.69) is 9.73 Å². The van der Waals surface area contributed by atoms with Gasteiger partial charge in [0.05, 0.1) is 7.11 Å². The normalized spacial score (nSPS) is 22.9. The van der Waals surface area contributed by atoms with Crippen molar-refractivity contribution in [2.75, 3.05) is 19.6 Å². The standard InChI is InChI=1S/C13H20FN3O3S.C13H19FO4S/c1-3-4-5-10-7-6-9(11(18)17-12(15)16)8-13(10,14)21(2,19)20;1-4-5-6-11-8-7-10(12(15)18-2)9-13(11,14)19(3,16)17/h6-7H,3-5,8H2,1-2H3,(H4,15,16,17,18);7-8H,4-6,9H2,1-3H3. The molecule has 0 spiro atoms. The van der Waals surface area contributed by atoms with Gasteiger partial charge in [-0.25, -0.2) is 30.4 Å². The van der Waals surface area contributed by atoms with Gasteiger partial charge in [-0.1, -0.05) is 51.0 Å². The second-order valence-electron chi connectivity index (χ2n) is 9.66. The molecule has 2 aliphatic carbocycles. The quantitative estimate of drug-likeness (QED) is 0.214. The van der Waals surface area contributed by atoms with E-state index in [1.165, 1.54) is 31.4 Å². The number of aliphatic imine (C=N–C) groups is 1. The maximum atomic E-state index is 15.1. The summed E-state index contributed by atoms with van der Waals surface area (Å²) in [6.07, 6.45) is 9.88. The van der Waals surface area contributed by atoms with Crippen LogP contribution in [-0.4, -0.2) is 64.3 Å². The zero-order chi connectivity index (χ0) is 30.9. The van der Waals surface area contributed by atoms with Gasteiger partial charge in [0.2, 0.25) is 10.0 Å². The van der Waals surface area contributed by atoms with Crippen LogP contribution in [0.25, 0.3) is 0 Å². The fourth-order valence-electron chi connectivity index (χ4n) is 4.11. The number of hydrogen-bond acceptors (Lipinski definition) is 7. The zero-order valence-electron chi connectivity index (χ0n) is 23.5. The third-order valence-corrected chi connectivity index (χ3v) is 9.66. The minimum absolute atomic E-state index is 0.0377. The molecule has 2 atom stereocenters. The van der Waals surface area contributed by atoms with Crippen molar-refractivity contribution >= 4 is 37.5 Å². The van der Waals surface area contributed by atoms with E-state index in [-0.39, 0.29) is 22.3 Å². The first-order valence-electron chi connectivity index (χ1n) is 12.7. The molecule has 0 aliphatic heterocycles. The Hall–Kier alpha value is -2.87. The fraction of sp³-hybridized carbons (Fsp3) is 0.577. The van der Waals surface area contributed by atoms with Gasteiger partial charge in [-0.2, -0.15) is 4.99 Å². The van der Waals surface area contributed by atoms with E-state index < -0.39 is 60.4 Å². The van der Waals surface area contributed by atoms with Crippen molar-refractivity contribution in [2.45, 2.75) is 75.2 Å². The topological polar surface area (TPSA) is 176 Å². The van der Waals surface area contributed by atoms with Crippen LogP contribution in [-0.2, 0) is 34.0 Å². The molecule has 0 bridgehead atoms. The van der Waals surface area contributed by atoms with Crippen LogP contribution in [0.15, 0.2) is 51.6 Å². The average molecular weight is 608 g/mol. The maximum Gasteiger partial charge on any atom is 0.333 e. The number of ether oxygens (including phenoxy) is 1. The summed E-state index contributed by atoms with van der Waals surface area (Å²) in [6.45, 7) is 3.87. The molecular weight excluding hydrogens is 568 g/mol. The highest BCUT2D eigenvalue weighted by atomic mass is 32.2. The van der Waals surface area contributed by atoms with Gasteiger partial charge < -0.3 is 16.2 Å². The molecule has 0 radical (unpaired) electrons. The molecule has 0 fully saturated rings. The van der Waals surface area contributed by atoms with Crippen molar-refractivity contribution < 1.29 is 39.9 Å². The molecule has 0 aromatic heterocycles. The van der Waals surface area contributed by atoms with Crippen LogP contribution in [0.4, 0.5) is 8.78 Å². The van der Waals surface area contributed by atoms with Crippen LogP contribution in [0.5, 0.6) is 0 Å². The first-order chi connectivity index (χ1) is 18.4. The van der Waals surface area contributed by atoms with Crippen LogP contribution >= 0.6 is 0 Å². The van der Waals surface area contributed by atoms with Crippen LogP contribution in [0.2, 0.25) is 0 Å². The summed E-state index contributed by atoms with van der Waals surface area (Å²) in [6, 6.07) is 0. The number of carbonyl (C=O) groups is 2. The molecule has 1 amide bonds. The number of unbranched alkanes of at least 4 members (excludes halogenated alkanes) is 2. The molecule has 2 aliphatic rings. The number of halogens is 2. The van der Waals surface area contributed by atoms with Crippen LogP contribution < -0.4 is 11.5 Å². The first kappa shape index (κ1) is 35.2. The van der Waals surface area contributed by atoms with Gasteiger partial charge in [-0.15, -0.1) is 0 Å². The molecule has 0 saturated heterocycles. The molecule has 40 heavy (non-hydrogen) atoms. The lowest BCUT2D eigenvalue weighted by Gasteiger charge is -2.29. The number of carbonyl (C=O) groups excluding carboxylic acids is 2. The van der Waals surface area contributed by atoms with Crippen LogP contribution in [0.1, 0.15) is 65.2 Å². The summed E-state index contributed by atoms with van der Waals surface area (Å²) in [5.74, 6) is -1.98. The number of allylic oxidation sites excluding steroid dienone is 4. The average Bonchev–Trinajstić information content (AvgIpc) is 2.85. The molecule has 2 unspecified atom stereocenters. The fourth-order valence-corrected chi connectivity index (χ4v) is 6.23. The number of amides is 1. The molecule has 10 nitrogen and oxygen atoms in total. The second-order valence-corrected chi connectivity index (χ2v) is 14.0. The number of methoxy groups -OCH3 is 1. The zero-order valence-corrected chi connectivity index (χ0v) is 25.1. The lowest BCUT2D eigenvalue weighted by atomic mass is 9.92. The van der Waals surface area contributed by atoms with Crippen LogP contribution in [0, 0.1) is 0 Å². The van der Waals surface area contributed by atoms with E-state index >= 15 is 4.39 Å². The van der Waals surface area contributed by atoms with Gasteiger partial charge >= 0.3 is 5.97 Å². The Bertz CT molecular complexity index is 1350. The van der Waals surface area contributed by atoms with Crippen molar-refractivity contribution in [3.63, 3.8) is 0 Å². The molecule has 0 heterocycles. The molecule has 4 N–H and O–H groups in total. The number of hydrogen-bond donors (Lipinski definition) is 2. The second kappa shape index (κ2) is 14.2. The van der Waals surface area contributed by atoms with Gasteiger partial charge in [0.15, 0.2) is 25.6 Å². The minimum Gasteiger partial charge on any atom is -0.466 e. The number of rotatable bonds is 10. The Labute approximate surface area is 235 Å². The Balaban J connectivity index is 0.000000402. The third-order valence-electron chi connectivity index (χ3n) is 6.49. The van der Waals surface area contributed by atoms with Gasteiger partial charge in [0.25, 0.3) is 5.91 Å². The van der Waals surface area contributed by atoms with E-state index in [1.807, 2.05) is 13.8 Å². The minimum atomic E-state index is -4.04. The summed E-state index contributed by atoms with van der Waals surface area (Å²) >= 11 is 0. The molecule has 2 rings (SSSR count). The number of alkyl halides is 2. The maximum absolute atomic E-state index is 15.1. The molecule has 226 valence electrons. The van der Waals surface area contributed by atoms with Crippen molar-refractivity contribution in [1.29, 1.82) is 0 Å². The molecule has 14 heteroatoms. The van der Waals surface area contributed by atoms with Gasteiger partial charge in [0.1, 0.15) is 0 Å². The molecular formula is C26H39F2N3O7S2. The summed E-state index contributed by atoms with van der Waals surface area (Å²) < 4.78 is 81.6. The Kier molecular flexibility index (Phi) is 12.4. The Morgan fingerprint density at radius 1 is 0.850 bits per heavy atom. The van der Waals surface area contributed by atoms with Gasteiger partial charge in [0, 0.05) is 36.5 Å². The number of guanidine groups is 1. The number of sulfone groups is 2. The number of nitrogens with two attached hydrogens (primary N) is 2. The molecule has 0 aromatic rings. The largest absolute Gasteiger partial charge is 0.466 e. The highest BCUT2D eigenvalue weighted by Crippen LogP contribution is 2.41. The SMILES string of the molecule is CCCCC1=CC=C(C(=O)N=C(N)N)CC1(F)S(C)(=O)=O.CCCCC1=CC=C(C(=O)OC)CC1(F)S(C)(=O)=O. The lowest BCUT2D eigenvalue weighted by molar-refractivity contribution is -0.136. The molecule has 0 aromatic carbocycles. The predicted octanol–water partition coefficient (Wildman–Crippen LogP) is 3.26. The molecule has 0 saturated carbocycles. The van der Waals surface area contributed by atoms with Crippen LogP contribution in [0.3, 0.4) is 0 Å². The number of nitrogens with zero attached hydrogens (tertiary/aromatic N) is 1. The Morgan fingerprint density at radius 3 is 1.60 bits per heavy atom. The highest BCUT2D eigenvalue weighted by Gasteiger charge is 2.48. The summed E-state index contributed by atoms with van der Waals surface area (Å²) in [7, 11) is -6.82. The van der Waals surface area contributed by atoms with Gasteiger partial charge in [-0.3, -0.25) is 4.79 Å². The smallest absolute Gasteiger partial charge is 0.333 e. The van der Waals surface area contributed by atoms with Crippen molar-refractivity contribution in [2.24, 2.45) is 16.5 Å². The first-order valence-corrected chi connectivity index (χ1v) is 16.5. The Morgan fingerprint density at radius 2 is 1.25 bits per heavy atom. The van der Waals surface area contributed by atoms with Gasteiger partial charge in [-0.05, 0) is 36.8 Å². The van der Waals surface area contributed by atoms with Crippen molar-refractivity contribution in [3.8, 4) is 0 Å². The van der Waals surface area contributed by atoms with E-state index in [4.69, 9.17) is 11.5 Å². The number of esters is 1. The highest BCUT2D eigenvalue weighted by molar-refractivity contribution is 7.92. The summed E-state index contributed by atoms with van der Waals surface area (Å²) in [4.78, 5) is 26.5. The summed E-state index contributed by atoms with van der Waals surface area (Å²) in [5, 5.41) is -5.08. The van der Waals surface area contributed by atoms with E-state index in [0.29, 0.717) is 25.7 Å². The van der Waals surface area contributed by atoms with Crippen molar-refractivity contribution in [1.82, 2.24) is 0 Å². The van der Waals surface area contributed by atoms with E-state index in [1.54, 1.807) is 0 Å². The predicted molar refractivity (Wildman–Crippen MR) is 151 cm³/mol.